The quantitative estimate of drug-likeness (QED) is 0.721. The minimum Gasteiger partial charge on any atom is -0.341 e. The molecule has 0 aliphatic rings. The van der Waals surface area contributed by atoms with Crippen molar-refractivity contribution in [3.8, 4) is 0 Å². The maximum atomic E-state index is 12.6. The molecule has 3 nitrogen and oxygen atoms in total. The number of halogens is 2. The topological polar surface area (TPSA) is 41.1 Å². The molecule has 1 rings (SSSR count). The molecule has 0 aliphatic carbocycles. The van der Waals surface area contributed by atoms with Crippen LogP contribution in [0.2, 0.25) is 5.02 Å². The zero-order valence-corrected chi connectivity index (χ0v) is 7.65. The molecule has 0 fully saturated rings. The monoisotopic (exact) mass is 202 g/mol. The number of benzene rings is 1. The number of amides is 2. The van der Waals surface area contributed by atoms with Crippen LogP contribution in [0.1, 0.15) is 0 Å². The van der Waals surface area contributed by atoms with E-state index in [2.05, 4.69) is 10.6 Å². The molecule has 2 N–H and O–H groups in total. The van der Waals surface area contributed by atoms with Gasteiger partial charge in [0.25, 0.3) is 0 Å². The molecule has 1 aromatic rings. The Hall–Kier alpha value is -1.29. The van der Waals surface area contributed by atoms with Gasteiger partial charge in [-0.05, 0) is 18.2 Å². The van der Waals surface area contributed by atoms with E-state index in [1.165, 1.54) is 19.2 Å². The zero-order valence-electron chi connectivity index (χ0n) is 6.90. The summed E-state index contributed by atoms with van der Waals surface area (Å²) in [6, 6.07) is 3.35. The third-order valence-corrected chi connectivity index (χ3v) is 1.72. The van der Waals surface area contributed by atoms with Crippen LogP contribution in [-0.4, -0.2) is 13.1 Å². The lowest BCUT2D eigenvalue weighted by molar-refractivity contribution is 0.254. The van der Waals surface area contributed by atoms with Crippen LogP contribution in [0.25, 0.3) is 0 Å². The average molecular weight is 203 g/mol. The van der Waals surface area contributed by atoms with E-state index in [-0.39, 0.29) is 5.02 Å². The lowest BCUT2D eigenvalue weighted by Gasteiger charge is -2.05. The van der Waals surface area contributed by atoms with E-state index in [9.17, 15) is 9.18 Å². The van der Waals surface area contributed by atoms with Gasteiger partial charge in [0.2, 0.25) is 0 Å². The number of rotatable bonds is 1. The summed E-state index contributed by atoms with van der Waals surface area (Å²) in [4.78, 5) is 10.8. The van der Waals surface area contributed by atoms with Crippen molar-refractivity contribution in [1.29, 1.82) is 0 Å². The smallest absolute Gasteiger partial charge is 0.319 e. The van der Waals surface area contributed by atoms with Crippen LogP contribution < -0.4 is 10.6 Å². The molecule has 13 heavy (non-hydrogen) atoms. The van der Waals surface area contributed by atoms with Gasteiger partial charge in [-0.1, -0.05) is 11.6 Å². The van der Waals surface area contributed by atoms with Crippen molar-refractivity contribution in [3.05, 3.63) is 29.0 Å². The summed E-state index contributed by atoms with van der Waals surface area (Å²) in [6.07, 6.45) is 0. The van der Waals surface area contributed by atoms with Crippen molar-refractivity contribution in [2.24, 2.45) is 0 Å². The lowest BCUT2D eigenvalue weighted by Crippen LogP contribution is -2.24. The number of hydrogen-bond acceptors (Lipinski definition) is 1. The predicted molar refractivity (Wildman–Crippen MR) is 49.5 cm³/mol. The number of anilines is 1. The number of carbonyl (C=O) groups excluding carboxylic acids is 1. The third kappa shape index (κ3) is 2.59. The summed E-state index contributed by atoms with van der Waals surface area (Å²) in [5.41, 5.74) is 0.377. The van der Waals surface area contributed by atoms with E-state index in [1.54, 1.807) is 0 Å². The molecule has 0 spiro atoms. The summed E-state index contributed by atoms with van der Waals surface area (Å²) >= 11 is 5.65. The fraction of sp³-hybridized carbons (Fsp3) is 0.125. The highest BCUT2D eigenvalue weighted by molar-refractivity contribution is 6.33. The van der Waals surface area contributed by atoms with Gasteiger partial charge >= 0.3 is 6.03 Å². The lowest BCUT2D eigenvalue weighted by atomic mass is 10.3. The SMILES string of the molecule is CNC(=O)Nc1ccc(F)cc1Cl. The minimum atomic E-state index is -0.438. The molecule has 5 heteroatoms. The first-order valence-electron chi connectivity index (χ1n) is 3.57. The maximum Gasteiger partial charge on any atom is 0.319 e. The van der Waals surface area contributed by atoms with E-state index >= 15 is 0 Å². The Labute approximate surface area is 79.9 Å². The fourth-order valence-corrected chi connectivity index (χ4v) is 0.990. The number of hydrogen-bond donors (Lipinski definition) is 2. The number of urea groups is 1. The van der Waals surface area contributed by atoms with Gasteiger partial charge in [-0.25, -0.2) is 9.18 Å². The molecule has 0 aliphatic heterocycles. The summed E-state index contributed by atoms with van der Waals surface area (Å²) in [6.45, 7) is 0. The molecule has 0 saturated carbocycles. The Morgan fingerprint density at radius 1 is 1.54 bits per heavy atom. The first-order chi connectivity index (χ1) is 6.13. The van der Waals surface area contributed by atoms with Crippen molar-refractivity contribution in [3.63, 3.8) is 0 Å². The third-order valence-electron chi connectivity index (χ3n) is 1.41. The van der Waals surface area contributed by atoms with E-state index < -0.39 is 11.8 Å². The standard InChI is InChI=1S/C8H8ClFN2O/c1-11-8(13)12-7-3-2-5(10)4-6(7)9/h2-4H,1H3,(H2,11,12,13). The number of nitrogens with one attached hydrogen (secondary N) is 2. The molecule has 70 valence electrons. The summed E-state index contributed by atoms with van der Waals surface area (Å²) in [5.74, 6) is -0.438. The molecule has 0 bridgehead atoms. The van der Waals surface area contributed by atoms with Crippen LogP contribution in [-0.2, 0) is 0 Å². The molecule has 0 aromatic heterocycles. The minimum absolute atomic E-state index is 0.170. The maximum absolute atomic E-state index is 12.6. The van der Waals surface area contributed by atoms with Gasteiger partial charge in [0.1, 0.15) is 5.82 Å². The van der Waals surface area contributed by atoms with Crippen LogP contribution in [0.4, 0.5) is 14.9 Å². The normalized spacial score (nSPS) is 9.46. The van der Waals surface area contributed by atoms with Crippen molar-refractivity contribution >= 4 is 23.3 Å². The molecule has 0 saturated heterocycles. The Morgan fingerprint density at radius 2 is 2.23 bits per heavy atom. The molecule has 2 amide bonds. The second-order valence-corrected chi connectivity index (χ2v) is 2.74. The van der Waals surface area contributed by atoms with Crippen molar-refractivity contribution in [1.82, 2.24) is 5.32 Å². The molecular formula is C8H8ClFN2O. The van der Waals surface area contributed by atoms with Gasteiger partial charge in [0.15, 0.2) is 0 Å². The van der Waals surface area contributed by atoms with E-state index in [4.69, 9.17) is 11.6 Å². The van der Waals surface area contributed by atoms with Crippen LogP contribution in [0, 0.1) is 5.82 Å². The van der Waals surface area contributed by atoms with Crippen LogP contribution >= 0.6 is 11.6 Å². The van der Waals surface area contributed by atoms with Crippen LogP contribution in [0.5, 0.6) is 0 Å². The summed E-state index contributed by atoms with van der Waals surface area (Å²) < 4.78 is 12.6. The van der Waals surface area contributed by atoms with E-state index in [0.29, 0.717) is 5.69 Å². The van der Waals surface area contributed by atoms with Gasteiger partial charge in [0.05, 0.1) is 10.7 Å². The van der Waals surface area contributed by atoms with E-state index in [1.807, 2.05) is 0 Å². The average Bonchev–Trinajstić information content (AvgIpc) is 2.09. The second-order valence-electron chi connectivity index (χ2n) is 2.33. The molecular weight excluding hydrogens is 195 g/mol. The first kappa shape index (κ1) is 9.80. The molecule has 0 atom stereocenters. The van der Waals surface area contributed by atoms with Crippen LogP contribution in [0.15, 0.2) is 18.2 Å². The second kappa shape index (κ2) is 4.09. The molecule has 1 aromatic carbocycles. The highest BCUT2D eigenvalue weighted by Crippen LogP contribution is 2.21. The molecule has 0 unspecified atom stereocenters. The highest BCUT2D eigenvalue weighted by atomic mass is 35.5. The summed E-state index contributed by atoms with van der Waals surface area (Å²) in [7, 11) is 1.48. The van der Waals surface area contributed by atoms with Crippen molar-refractivity contribution in [2.45, 2.75) is 0 Å². The summed E-state index contributed by atoms with van der Waals surface area (Å²) in [5, 5.41) is 4.96. The van der Waals surface area contributed by atoms with Gasteiger partial charge < -0.3 is 10.6 Å². The Kier molecular flexibility index (Phi) is 3.08. The van der Waals surface area contributed by atoms with Gasteiger partial charge in [-0.2, -0.15) is 0 Å². The first-order valence-corrected chi connectivity index (χ1v) is 3.95. The van der Waals surface area contributed by atoms with E-state index in [0.717, 1.165) is 6.07 Å². The Morgan fingerprint density at radius 3 is 2.77 bits per heavy atom. The van der Waals surface area contributed by atoms with Gasteiger partial charge in [-0.15, -0.1) is 0 Å². The largest absolute Gasteiger partial charge is 0.341 e. The fourth-order valence-electron chi connectivity index (χ4n) is 0.776. The van der Waals surface area contributed by atoms with Gasteiger partial charge in [0, 0.05) is 7.05 Å². The predicted octanol–water partition coefficient (Wildman–Crippen LogP) is 2.23. The zero-order chi connectivity index (χ0) is 9.84. The number of carbonyl (C=O) groups is 1. The molecule has 0 radical (unpaired) electrons. The molecule has 0 heterocycles. The highest BCUT2D eigenvalue weighted by Gasteiger charge is 2.03. The van der Waals surface area contributed by atoms with Crippen LogP contribution in [0.3, 0.4) is 0 Å². The Bertz CT molecular complexity index is 330. The van der Waals surface area contributed by atoms with Crippen molar-refractivity contribution in [2.75, 3.05) is 12.4 Å². The van der Waals surface area contributed by atoms with Crippen molar-refractivity contribution < 1.29 is 9.18 Å². The van der Waals surface area contributed by atoms with Gasteiger partial charge in [-0.3, -0.25) is 0 Å². The Balaban J connectivity index is 2.83.